The van der Waals surface area contributed by atoms with E-state index in [0.29, 0.717) is 0 Å². The molecule has 0 spiro atoms. The molecule has 124 valence electrons. The molecule has 2 nitrogen and oxygen atoms in total. The van der Waals surface area contributed by atoms with Crippen molar-refractivity contribution in [1.82, 2.24) is 0 Å². The fourth-order valence-electron chi connectivity index (χ4n) is 2.06. The van der Waals surface area contributed by atoms with Crippen molar-refractivity contribution >= 4 is 11.8 Å². The molecule has 0 bridgehead atoms. The Labute approximate surface area is 144 Å². The summed E-state index contributed by atoms with van der Waals surface area (Å²) in [6.07, 6.45) is 4.49. The van der Waals surface area contributed by atoms with Crippen LogP contribution in [0.1, 0.15) is 39.5 Å². The molecule has 2 aromatic rings. The van der Waals surface area contributed by atoms with Gasteiger partial charge in [-0.15, -0.1) is 0 Å². The van der Waals surface area contributed by atoms with Crippen LogP contribution in [0, 0.1) is 0 Å². The maximum absolute atomic E-state index is 5.78. The van der Waals surface area contributed by atoms with Gasteiger partial charge in [-0.05, 0) is 49.2 Å². The summed E-state index contributed by atoms with van der Waals surface area (Å²) in [4.78, 5) is 2.37. The summed E-state index contributed by atoms with van der Waals surface area (Å²) in [5, 5.41) is 0. The van der Waals surface area contributed by atoms with Gasteiger partial charge in [0.05, 0.1) is 13.2 Å². The molecule has 2 aromatic carbocycles. The Morgan fingerprint density at radius 3 is 1.65 bits per heavy atom. The van der Waals surface area contributed by atoms with Crippen LogP contribution in [0.4, 0.5) is 0 Å². The Kier molecular flexibility index (Phi) is 7.88. The molecule has 0 heterocycles. The first-order valence-electron chi connectivity index (χ1n) is 8.45. The molecular weight excluding hydrogens is 304 g/mol. The van der Waals surface area contributed by atoms with E-state index in [0.717, 1.165) is 50.4 Å². The zero-order valence-electron chi connectivity index (χ0n) is 14.1. The van der Waals surface area contributed by atoms with E-state index in [1.165, 1.54) is 9.79 Å². The van der Waals surface area contributed by atoms with Gasteiger partial charge in [-0.25, -0.2) is 0 Å². The summed E-state index contributed by atoms with van der Waals surface area (Å²) in [6, 6.07) is 16.6. The molecule has 23 heavy (non-hydrogen) atoms. The summed E-state index contributed by atoms with van der Waals surface area (Å²) < 4.78 is 11.6. The molecule has 2 rings (SSSR count). The zero-order valence-corrected chi connectivity index (χ0v) is 14.9. The molecule has 0 saturated heterocycles. The fraction of sp³-hybridized carbons (Fsp3) is 0.400. The fourth-order valence-corrected chi connectivity index (χ4v) is 2.98. The Hall–Kier alpha value is -1.61. The number of ether oxygens (including phenoxy) is 2. The van der Waals surface area contributed by atoms with Crippen LogP contribution in [0.2, 0.25) is 0 Å². The van der Waals surface area contributed by atoms with Crippen LogP contribution >= 0.6 is 11.8 Å². The second-order valence-electron chi connectivity index (χ2n) is 5.46. The molecule has 0 saturated carbocycles. The second kappa shape index (κ2) is 10.2. The lowest BCUT2D eigenvalue weighted by Gasteiger charge is -2.09. The molecular formula is C20H26O2S. The number of benzene rings is 2. The van der Waals surface area contributed by atoms with Crippen LogP contribution in [0.25, 0.3) is 0 Å². The average Bonchev–Trinajstić information content (AvgIpc) is 2.56. The van der Waals surface area contributed by atoms with Crippen LogP contribution < -0.4 is 9.47 Å². The molecule has 3 heteroatoms. The lowest BCUT2D eigenvalue weighted by Crippen LogP contribution is -1.96. The summed E-state index contributed by atoms with van der Waals surface area (Å²) in [7, 11) is 0. The van der Waals surface area contributed by atoms with Crippen LogP contribution in [0.3, 0.4) is 0 Å². The molecule has 0 N–H and O–H groups in total. The van der Waals surface area contributed by atoms with Crippen molar-refractivity contribution in [2.75, 3.05) is 13.2 Å². The molecule has 0 aromatic heterocycles. The van der Waals surface area contributed by atoms with E-state index in [1.807, 2.05) is 24.3 Å². The van der Waals surface area contributed by atoms with E-state index in [2.05, 4.69) is 38.1 Å². The minimum absolute atomic E-state index is 0.783. The van der Waals surface area contributed by atoms with Gasteiger partial charge in [-0.1, -0.05) is 50.6 Å². The van der Waals surface area contributed by atoms with Crippen molar-refractivity contribution < 1.29 is 9.47 Å². The topological polar surface area (TPSA) is 18.5 Å². The van der Waals surface area contributed by atoms with E-state index in [1.54, 1.807) is 11.8 Å². The average molecular weight is 330 g/mol. The highest BCUT2D eigenvalue weighted by molar-refractivity contribution is 7.99. The number of hydrogen-bond acceptors (Lipinski definition) is 3. The van der Waals surface area contributed by atoms with Crippen LogP contribution in [0.5, 0.6) is 11.5 Å². The molecule has 0 radical (unpaired) electrons. The Bertz CT molecular complexity index is 532. The standard InChI is InChI=1S/C20H26O2S/c1-3-5-13-21-17-9-7-11-19(15-17)23-20-12-8-10-18(16-20)22-14-6-4-2/h7-12,15-16H,3-6,13-14H2,1-2H3. The van der Waals surface area contributed by atoms with Gasteiger partial charge in [0.25, 0.3) is 0 Å². The molecule has 0 unspecified atom stereocenters. The molecule has 0 amide bonds. The van der Waals surface area contributed by atoms with Crippen LogP contribution in [0.15, 0.2) is 58.3 Å². The minimum Gasteiger partial charge on any atom is -0.494 e. The van der Waals surface area contributed by atoms with Gasteiger partial charge in [-0.2, -0.15) is 0 Å². The third-order valence-corrected chi connectivity index (χ3v) is 4.36. The molecule has 0 aliphatic carbocycles. The summed E-state index contributed by atoms with van der Waals surface area (Å²) in [5.74, 6) is 1.89. The van der Waals surface area contributed by atoms with Crippen molar-refractivity contribution in [2.45, 2.75) is 49.3 Å². The van der Waals surface area contributed by atoms with Gasteiger partial charge in [0.1, 0.15) is 11.5 Å². The Balaban J connectivity index is 1.95. The van der Waals surface area contributed by atoms with Crippen molar-refractivity contribution in [3.8, 4) is 11.5 Å². The summed E-state index contributed by atoms with van der Waals surface area (Å²) in [5.41, 5.74) is 0. The highest BCUT2D eigenvalue weighted by atomic mass is 32.2. The quantitative estimate of drug-likeness (QED) is 0.483. The van der Waals surface area contributed by atoms with Gasteiger partial charge in [0.15, 0.2) is 0 Å². The van der Waals surface area contributed by atoms with E-state index < -0.39 is 0 Å². The molecule has 0 atom stereocenters. The third kappa shape index (κ3) is 6.57. The maximum atomic E-state index is 5.78. The van der Waals surface area contributed by atoms with Crippen molar-refractivity contribution in [3.05, 3.63) is 48.5 Å². The highest BCUT2D eigenvalue weighted by Gasteiger charge is 2.02. The van der Waals surface area contributed by atoms with Crippen molar-refractivity contribution in [2.24, 2.45) is 0 Å². The van der Waals surface area contributed by atoms with Gasteiger partial charge >= 0.3 is 0 Å². The van der Waals surface area contributed by atoms with E-state index in [9.17, 15) is 0 Å². The summed E-state index contributed by atoms with van der Waals surface area (Å²) >= 11 is 1.73. The molecule has 0 aliphatic rings. The Morgan fingerprint density at radius 1 is 0.739 bits per heavy atom. The number of unbranched alkanes of at least 4 members (excludes halogenated alkanes) is 2. The first-order valence-corrected chi connectivity index (χ1v) is 9.27. The third-order valence-electron chi connectivity index (χ3n) is 3.38. The van der Waals surface area contributed by atoms with Gasteiger partial charge in [0.2, 0.25) is 0 Å². The van der Waals surface area contributed by atoms with Crippen molar-refractivity contribution in [1.29, 1.82) is 0 Å². The minimum atomic E-state index is 0.783. The SMILES string of the molecule is CCCCOc1cccc(Sc2cccc(OCCCC)c2)c1. The largest absolute Gasteiger partial charge is 0.494 e. The number of hydrogen-bond donors (Lipinski definition) is 0. The normalized spacial score (nSPS) is 10.5. The predicted molar refractivity (Wildman–Crippen MR) is 97.8 cm³/mol. The highest BCUT2D eigenvalue weighted by Crippen LogP contribution is 2.32. The first-order chi connectivity index (χ1) is 11.3. The van der Waals surface area contributed by atoms with Crippen molar-refractivity contribution in [3.63, 3.8) is 0 Å². The summed E-state index contributed by atoms with van der Waals surface area (Å²) in [6.45, 7) is 5.91. The Morgan fingerprint density at radius 2 is 1.22 bits per heavy atom. The lowest BCUT2D eigenvalue weighted by molar-refractivity contribution is 0.308. The smallest absolute Gasteiger partial charge is 0.120 e. The number of rotatable bonds is 10. The molecule has 0 fully saturated rings. The van der Waals surface area contributed by atoms with E-state index >= 15 is 0 Å². The van der Waals surface area contributed by atoms with Crippen LogP contribution in [-0.4, -0.2) is 13.2 Å². The van der Waals surface area contributed by atoms with Gasteiger partial charge < -0.3 is 9.47 Å². The monoisotopic (exact) mass is 330 g/mol. The van der Waals surface area contributed by atoms with Gasteiger partial charge in [-0.3, -0.25) is 0 Å². The van der Waals surface area contributed by atoms with E-state index in [4.69, 9.17) is 9.47 Å². The van der Waals surface area contributed by atoms with Gasteiger partial charge in [0, 0.05) is 9.79 Å². The maximum Gasteiger partial charge on any atom is 0.120 e. The van der Waals surface area contributed by atoms with Crippen LogP contribution in [-0.2, 0) is 0 Å². The molecule has 0 aliphatic heterocycles. The lowest BCUT2D eigenvalue weighted by atomic mass is 10.3. The predicted octanol–water partition coefficient (Wildman–Crippen LogP) is 6.20. The second-order valence-corrected chi connectivity index (χ2v) is 6.60. The zero-order chi connectivity index (χ0) is 16.3. The first kappa shape index (κ1) is 17.7. The van der Waals surface area contributed by atoms with E-state index in [-0.39, 0.29) is 0 Å².